The van der Waals surface area contributed by atoms with Crippen LogP contribution in [0.2, 0.25) is 0 Å². The van der Waals surface area contributed by atoms with Gasteiger partial charge in [0.05, 0.1) is 32.6 Å². The lowest BCUT2D eigenvalue weighted by molar-refractivity contribution is 0.0360. The first-order valence-corrected chi connectivity index (χ1v) is 17.6. The number of rotatable bonds is 13. The van der Waals surface area contributed by atoms with Gasteiger partial charge in [-0.3, -0.25) is 19.2 Å². The molecular weight excluding hydrogens is 606 g/mol. The van der Waals surface area contributed by atoms with Crippen molar-refractivity contribution < 1.29 is 14.3 Å². The summed E-state index contributed by atoms with van der Waals surface area (Å²) in [5.74, 6) is -0.215. The molecule has 5 rings (SSSR count). The zero-order chi connectivity index (χ0) is 34.5. The topological polar surface area (TPSA) is 117 Å². The van der Waals surface area contributed by atoms with Crippen molar-refractivity contribution in [2.45, 2.75) is 78.9 Å². The number of pyridine rings is 1. The molecule has 1 amide bonds. The van der Waals surface area contributed by atoms with Crippen molar-refractivity contribution in [3.8, 4) is 11.1 Å². The van der Waals surface area contributed by atoms with E-state index in [1.807, 2.05) is 56.9 Å². The summed E-state index contributed by atoms with van der Waals surface area (Å²) in [5.41, 5.74) is 6.28. The third-order valence-corrected chi connectivity index (χ3v) is 9.50. The van der Waals surface area contributed by atoms with Gasteiger partial charge in [0.1, 0.15) is 0 Å². The van der Waals surface area contributed by atoms with Gasteiger partial charge in [-0.25, -0.2) is 0 Å². The van der Waals surface area contributed by atoms with Crippen LogP contribution >= 0.6 is 0 Å². The molecule has 1 aliphatic carbocycles. The Morgan fingerprint density at radius 1 is 1.08 bits per heavy atom. The fourth-order valence-electron chi connectivity index (χ4n) is 6.50. The summed E-state index contributed by atoms with van der Waals surface area (Å²) in [7, 11) is 3.99. The van der Waals surface area contributed by atoms with Gasteiger partial charge in [-0.2, -0.15) is 5.10 Å². The van der Waals surface area contributed by atoms with Crippen LogP contribution in [-0.2, 0) is 22.6 Å². The molecule has 1 saturated heterocycles. The molecule has 11 heteroatoms. The zero-order valence-corrected chi connectivity index (χ0v) is 30.0. The Balaban J connectivity index is 0.000000365. The lowest BCUT2D eigenvalue weighted by Crippen LogP contribution is -2.38. The summed E-state index contributed by atoms with van der Waals surface area (Å²) in [6.45, 7) is 15.7. The zero-order valence-electron chi connectivity index (χ0n) is 30.0. The molecule has 2 aliphatic rings. The monoisotopic (exact) mass is 663 g/mol. The number of nitrogens with one attached hydrogen (secondary N) is 3. The highest BCUT2D eigenvalue weighted by Gasteiger charge is 2.18. The Bertz CT molecular complexity index is 1510. The van der Waals surface area contributed by atoms with Crippen LogP contribution in [0.15, 0.2) is 35.4 Å². The summed E-state index contributed by atoms with van der Waals surface area (Å²) in [5, 5.41) is 10.9. The molecule has 0 atom stereocenters. The van der Waals surface area contributed by atoms with Crippen LogP contribution in [-0.4, -0.2) is 103 Å². The van der Waals surface area contributed by atoms with Gasteiger partial charge in [0.15, 0.2) is 0 Å². The van der Waals surface area contributed by atoms with E-state index in [4.69, 9.17) is 9.47 Å². The van der Waals surface area contributed by atoms with E-state index in [0.717, 1.165) is 98.8 Å². The van der Waals surface area contributed by atoms with E-state index >= 15 is 0 Å². The van der Waals surface area contributed by atoms with E-state index in [2.05, 4.69) is 43.6 Å². The number of methoxy groups -OCH3 is 1. The Morgan fingerprint density at radius 2 is 1.83 bits per heavy atom. The molecule has 48 heavy (non-hydrogen) atoms. The molecule has 3 heterocycles. The van der Waals surface area contributed by atoms with Crippen molar-refractivity contribution in [1.29, 1.82) is 0 Å². The SMILES string of the molecule is CCNc1cc(-c2cnn(CCN3CCOCC3)c2)cc(C(=O)NCc2c(C)cc(C)[nH]c2=O)c1C.COCCN(C)C1CCCCC1. The molecule has 0 unspecified atom stereocenters. The number of benzene rings is 1. The average molecular weight is 664 g/mol. The van der Waals surface area contributed by atoms with Gasteiger partial charge in [-0.05, 0) is 82.5 Å². The minimum absolute atomic E-state index is 0.167. The molecule has 11 nitrogen and oxygen atoms in total. The molecule has 2 aromatic heterocycles. The average Bonchev–Trinajstić information content (AvgIpc) is 3.57. The van der Waals surface area contributed by atoms with Crippen molar-refractivity contribution in [2.24, 2.45) is 0 Å². The minimum atomic E-state index is -0.215. The number of H-pyrrole nitrogens is 1. The number of hydrogen-bond acceptors (Lipinski definition) is 8. The molecule has 1 saturated carbocycles. The summed E-state index contributed by atoms with van der Waals surface area (Å²) in [6, 6.07) is 6.71. The summed E-state index contributed by atoms with van der Waals surface area (Å²) in [4.78, 5) is 33.3. The van der Waals surface area contributed by atoms with Crippen molar-refractivity contribution in [3.63, 3.8) is 0 Å². The lowest BCUT2D eigenvalue weighted by atomic mass is 9.94. The second-order valence-electron chi connectivity index (χ2n) is 13.1. The first-order valence-electron chi connectivity index (χ1n) is 17.6. The predicted octanol–water partition coefficient (Wildman–Crippen LogP) is 4.75. The number of nitrogens with zero attached hydrogens (tertiary/aromatic N) is 4. The second-order valence-corrected chi connectivity index (χ2v) is 13.1. The molecule has 1 aliphatic heterocycles. The van der Waals surface area contributed by atoms with E-state index in [1.165, 1.54) is 32.1 Å². The largest absolute Gasteiger partial charge is 0.385 e. The highest BCUT2D eigenvalue weighted by Crippen LogP contribution is 2.29. The highest BCUT2D eigenvalue weighted by atomic mass is 16.5. The van der Waals surface area contributed by atoms with Crippen LogP contribution < -0.4 is 16.2 Å². The minimum Gasteiger partial charge on any atom is -0.385 e. The van der Waals surface area contributed by atoms with E-state index in [0.29, 0.717) is 11.1 Å². The molecule has 0 spiro atoms. The number of morpholine rings is 1. The van der Waals surface area contributed by atoms with E-state index in [-0.39, 0.29) is 18.0 Å². The van der Waals surface area contributed by atoms with Gasteiger partial charge in [-0.1, -0.05) is 19.3 Å². The molecule has 0 radical (unpaired) electrons. The number of likely N-dealkylation sites (N-methyl/N-ethyl adjacent to an activating group) is 1. The van der Waals surface area contributed by atoms with E-state index < -0.39 is 0 Å². The van der Waals surface area contributed by atoms with Crippen molar-refractivity contribution in [3.05, 3.63) is 68.9 Å². The van der Waals surface area contributed by atoms with Gasteiger partial charge in [0, 0.05) is 86.7 Å². The molecule has 2 fully saturated rings. The van der Waals surface area contributed by atoms with E-state index in [9.17, 15) is 9.59 Å². The Labute approximate surface area is 286 Å². The van der Waals surface area contributed by atoms with Gasteiger partial charge in [0.25, 0.3) is 11.5 Å². The van der Waals surface area contributed by atoms with Crippen molar-refractivity contribution >= 4 is 11.6 Å². The number of ether oxygens (including phenoxy) is 2. The van der Waals surface area contributed by atoms with Gasteiger partial charge in [-0.15, -0.1) is 0 Å². The maximum Gasteiger partial charge on any atom is 0.253 e. The van der Waals surface area contributed by atoms with Crippen LogP contribution in [0.25, 0.3) is 11.1 Å². The second kappa shape index (κ2) is 18.9. The molecular formula is C37H57N7O4. The number of hydrogen-bond donors (Lipinski definition) is 3. The number of anilines is 1. The van der Waals surface area contributed by atoms with Gasteiger partial charge < -0.3 is 30.0 Å². The smallest absolute Gasteiger partial charge is 0.253 e. The molecule has 0 bridgehead atoms. The third kappa shape index (κ3) is 10.7. The first kappa shape index (κ1) is 37.3. The fourth-order valence-corrected chi connectivity index (χ4v) is 6.50. The molecule has 3 aromatic rings. The molecule has 1 aromatic carbocycles. The highest BCUT2D eigenvalue weighted by molar-refractivity contribution is 5.98. The molecule has 3 N–H and O–H groups in total. The number of aromatic nitrogens is 3. The normalized spacial score (nSPS) is 15.6. The summed E-state index contributed by atoms with van der Waals surface area (Å²) in [6.07, 6.45) is 10.9. The lowest BCUT2D eigenvalue weighted by Gasteiger charge is -2.30. The van der Waals surface area contributed by atoms with Crippen molar-refractivity contribution in [1.82, 2.24) is 29.9 Å². The quantitative estimate of drug-likeness (QED) is 0.240. The maximum atomic E-state index is 13.3. The first-order chi connectivity index (χ1) is 23.2. The van der Waals surface area contributed by atoms with Crippen LogP contribution in [0, 0.1) is 20.8 Å². The fraction of sp³-hybridized carbons (Fsp3) is 0.595. The number of carbonyl (C=O) groups is 1. The Morgan fingerprint density at radius 3 is 2.52 bits per heavy atom. The molecule has 264 valence electrons. The van der Waals surface area contributed by atoms with Crippen LogP contribution in [0.1, 0.15) is 71.8 Å². The van der Waals surface area contributed by atoms with E-state index in [1.54, 1.807) is 7.11 Å². The van der Waals surface area contributed by atoms with Crippen LogP contribution in [0.4, 0.5) is 5.69 Å². The van der Waals surface area contributed by atoms with Crippen LogP contribution in [0.3, 0.4) is 0 Å². The summed E-state index contributed by atoms with van der Waals surface area (Å²) >= 11 is 0. The van der Waals surface area contributed by atoms with Crippen molar-refractivity contribution in [2.75, 3.05) is 72.0 Å². The van der Waals surface area contributed by atoms with Crippen LogP contribution in [0.5, 0.6) is 0 Å². The van der Waals surface area contributed by atoms with Gasteiger partial charge in [0.2, 0.25) is 0 Å². The third-order valence-electron chi connectivity index (χ3n) is 9.50. The van der Waals surface area contributed by atoms with Gasteiger partial charge >= 0.3 is 0 Å². The Kier molecular flexibility index (Phi) is 14.7. The number of aryl methyl sites for hydroxylation is 2. The number of amides is 1. The maximum absolute atomic E-state index is 13.3. The standard InChI is InChI=1S/C27H36N6O3.C10H21NO/c1-5-28-25-14-21(22-15-30-33(17-22)7-6-32-8-10-36-11-9-32)13-23(20(25)4)26(34)29-16-24-18(2)12-19(3)31-27(24)35;1-11(8-9-12-2)10-6-4-3-5-7-10/h12-15,17,28H,5-11,16H2,1-4H3,(H,29,34)(H,31,35);10H,3-9H2,1-2H3. The Hall–Kier alpha value is -3.51. The predicted molar refractivity (Wildman–Crippen MR) is 193 cm³/mol. The summed E-state index contributed by atoms with van der Waals surface area (Å²) < 4.78 is 12.4. The number of carbonyl (C=O) groups excluding carboxylic acids is 1. The number of aromatic amines is 1.